The van der Waals surface area contributed by atoms with Gasteiger partial charge in [0.15, 0.2) is 6.10 Å². The third kappa shape index (κ3) is 3.39. The zero-order chi connectivity index (χ0) is 18.8. The molecular formula is C21H18N2O4. The fourth-order valence-electron chi connectivity index (χ4n) is 3.26. The molecule has 0 bridgehead atoms. The molecule has 2 aromatic carbocycles. The molecule has 1 saturated heterocycles. The van der Waals surface area contributed by atoms with Crippen LogP contribution < -0.4 is 0 Å². The second-order valence-electron chi connectivity index (χ2n) is 6.39. The second kappa shape index (κ2) is 7.17. The third-order valence-corrected chi connectivity index (χ3v) is 4.65. The molecule has 1 N–H and O–H groups in total. The summed E-state index contributed by atoms with van der Waals surface area (Å²) in [5, 5.41) is 9.95. The number of fused-ring (bicyclic) bond motifs is 1. The number of carboxylic acids is 1. The van der Waals surface area contributed by atoms with Crippen LogP contribution in [0.2, 0.25) is 0 Å². The van der Waals surface area contributed by atoms with Gasteiger partial charge in [0, 0.05) is 17.5 Å². The van der Waals surface area contributed by atoms with Crippen LogP contribution in [-0.4, -0.2) is 52.7 Å². The van der Waals surface area contributed by atoms with Gasteiger partial charge in [-0.15, -0.1) is 0 Å². The summed E-state index contributed by atoms with van der Waals surface area (Å²) in [4.78, 5) is 30.7. The summed E-state index contributed by atoms with van der Waals surface area (Å²) in [7, 11) is 0. The number of pyridine rings is 1. The van der Waals surface area contributed by atoms with Crippen molar-refractivity contribution in [2.75, 3.05) is 19.7 Å². The quantitative estimate of drug-likeness (QED) is 0.775. The lowest BCUT2D eigenvalue weighted by atomic mass is 10.0. The number of hydrogen-bond donors (Lipinski definition) is 1. The predicted octanol–water partition coefficient (Wildman–Crippen LogP) is 2.83. The number of hydrogen-bond acceptors (Lipinski definition) is 4. The zero-order valence-corrected chi connectivity index (χ0v) is 14.5. The first-order chi connectivity index (χ1) is 13.1. The standard InChI is InChI=1S/C21H18N2O4/c24-20(23-10-11-27-19(13-23)21(25)26)16-12-18(14-6-2-1-3-7-14)22-17-9-5-4-8-15(16)17/h1-9,12,19H,10-11,13H2,(H,25,26)/t19-/m1/s1. The van der Waals surface area contributed by atoms with Gasteiger partial charge in [-0.25, -0.2) is 9.78 Å². The molecular weight excluding hydrogens is 344 g/mol. The Bertz CT molecular complexity index is 1000. The minimum absolute atomic E-state index is 0.0332. The van der Waals surface area contributed by atoms with Crippen molar-refractivity contribution in [3.05, 3.63) is 66.2 Å². The van der Waals surface area contributed by atoms with Crippen LogP contribution in [0, 0.1) is 0 Å². The molecule has 27 heavy (non-hydrogen) atoms. The number of carbonyl (C=O) groups is 2. The number of nitrogens with zero attached hydrogens (tertiary/aromatic N) is 2. The highest BCUT2D eigenvalue weighted by Gasteiger charge is 2.30. The molecule has 0 aliphatic carbocycles. The Labute approximate surface area is 156 Å². The number of morpholine rings is 1. The summed E-state index contributed by atoms with van der Waals surface area (Å²) in [6.45, 7) is 0.600. The van der Waals surface area contributed by atoms with Crippen LogP contribution in [0.1, 0.15) is 10.4 Å². The molecule has 136 valence electrons. The number of carbonyl (C=O) groups excluding carboxylic acids is 1. The van der Waals surface area contributed by atoms with Crippen LogP contribution in [0.3, 0.4) is 0 Å². The van der Waals surface area contributed by atoms with E-state index in [0.29, 0.717) is 17.8 Å². The summed E-state index contributed by atoms with van der Waals surface area (Å²) in [5.41, 5.74) is 2.87. The van der Waals surface area contributed by atoms with E-state index >= 15 is 0 Å². The van der Waals surface area contributed by atoms with E-state index in [9.17, 15) is 14.7 Å². The molecule has 6 heteroatoms. The number of benzene rings is 2. The van der Waals surface area contributed by atoms with Crippen molar-refractivity contribution >= 4 is 22.8 Å². The summed E-state index contributed by atoms with van der Waals surface area (Å²) >= 11 is 0. The summed E-state index contributed by atoms with van der Waals surface area (Å²) < 4.78 is 5.23. The van der Waals surface area contributed by atoms with E-state index in [0.717, 1.165) is 16.5 Å². The van der Waals surface area contributed by atoms with Gasteiger partial charge in [-0.2, -0.15) is 0 Å². The van der Waals surface area contributed by atoms with Gasteiger partial charge in [0.05, 0.1) is 29.9 Å². The molecule has 4 rings (SSSR count). The smallest absolute Gasteiger partial charge is 0.334 e. The monoisotopic (exact) mass is 362 g/mol. The lowest BCUT2D eigenvalue weighted by Gasteiger charge is -2.31. The molecule has 6 nitrogen and oxygen atoms in total. The van der Waals surface area contributed by atoms with Crippen LogP contribution in [0.5, 0.6) is 0 Å². The fourth-order valence-corrected chi connectivity index (χ4v) is 3.26. The van der Waals surface area contributed by atoms with E-state index < -0.39 is 12.1 Å². The summed E-state index contributed by atoms with van der Waals surface area (Å²) in [6, 6.07) is 18.9. The molecule has 1 aromatic heterocycles. The SMILES string of the molecule is O=C(O)[C@H]1CN(C(=O)c2cc(-c3ccccc3)nc3ccccc23)CCO1. The molecule has 1 amide bonds. The average Bonchev–Trinajstić information content (AvgIpc) is 2.73. The van der Waals surface area contributed by atoms with Crippen molar-refractivity contribution in [1.29, 1.82) is 0 Å². The molecule has 1 aliphatic heterocycles. The maximum Gasteiger partial charge on any atom is 0.334 e. The summed E-state index contributed by atoms with van der Waals surface area (Å²) in [5.74, 6) is -1.27. The van der Waals surface area contributed by atoms with Crippen molar-refractivity contribution in [3.63, 3.8) is 0 Å². The van der Waals surface area contributed by atoms with Crippen LogP contribution in [0.4, 0.5) is 0 Å². The van der Waals surface area contributed by atoms with E-state index in [1.165, 1.54) is 0 Å². The molecule has 0 unspecified atom stereocenters. The topological polar surface area (TPSA) is 79.7 Å². The zero-order valence-electron chi connectivity index (χ0n) is 14.5. The normalized spacial score (nSPS) is 17.0. The van der Waals surface area contributed by atoms with Gasteiger partial charge in [-0.3, -0.25) is 4.79 Å². The molecule has 2 heterocycles. The number of para-hydroxylation sites is 1. The van der Waals surface area contributed by atoms with E-state index in [-0.39, 0.29) is 19.1 Å². The predicted molar refractivity (Wildman–Crippen MR) is 100 cm³/mol. The minimum Gasteiger partial charge on any atom is -0.479 e. The molecule has 1 fully saturated rings. The first kappa shape index (κ1) is 17.2. The molecule has 1 atom stereocenters. The lowest BCUT2D eigenvalue weighted by molar-refractivity contribution is -0.154. The second-order valence-corrected chi connectivity index (χ2v) is 6.39. The minimum atomic E-state index is -1.06. The van der Waals surface area contributed by atoms with Gasteiger partial charge in [-0.05, 0) is 12.1 Å². The lowest BCUT2D eigenvalue weighted by Crippen LogP contribution is -2.48. The maximum absolute atomic E-state index is 13.2. The van der Waals surface area contributed by atoms with Gasteiger partial charge >= 0.3 is 5.97 Å². The maximum atomic E-state index is 13.2. The van der Waals surface area contributed by atoms with Crippen LogP contribution in [0.25, 0.3) is 22.2 Å². The molecule has 0 radical (unpaired) electrons. The van der Waals surface area contributed by atoms with E-state index in [2.05, 4.69) is 4.98 Å². The van der Waals surface area contributed by atoms with E-state index in [1.54, 1.807) is 11.0 Å². The molecule has 0 spiro atoms. The Hall–Kier alpha value is -3.25. The number of ether oxygens (including phenoxy) is 1. The van der Waals surface area contributed by atoms with Gasteiger partial charge in [0.1, 0.15) is 0 Å². The van der Waals surface area contributed by atoms with E-state index in [1.807, 2.05) is 54.6 Å². The van der Waals surface area contributed by atoms with Crippen LogP contribution in [0.15, 0.2) is 60.7 Å². The Kier molecular flexibility index (Phi) is 4.56. The third-order valence-electron chi connectivity index (χ3n) is 4.65. The van der Waals surface area contributed by atoms with Crippen molar-refractivity contribution in [2.24, 2.45) is 0 Å². The average molecular weight is 362 g/mol. The first-order valence-corrected chi connectivity index (χ1v) is 8.72. The number of aliphatic carboxylic acids is 1. The Morgan fingerprint density at radius 1 is 1.07 bits per heavy atom. The van der Waals surface area contributed by atoms with Crippen LogP contribution >= 0.6 is 0 Å². The van der Waals surface area contributed by atoms with E-state index in [4.69, 9.17) is 4.74 Å². The highest BCUT2D eigenvalue weighted by molar-refractivity contribution is 6.07. The number of carboxylic acid groups (broad SMARTS) is 1. The Morgan fingerprint density at radius 3 is 2.59 bits per heavy atom. The molecule has 0 saturated carbocycles. The largest absolute Gasteiger partial charge is 0.479 e. The van der Waals surface area contributed by atoms with Crippen LogP contribution in [-0.2, 0) is 9.53 Å². The Morgan fingerprint density at radius 2 is 1.81 bits per heavy atom. The first-order valence-electron chi connectivity index (χ1n) is 8.72. The van der Waals surface area contributed by atoms with Crippen molar-refractivity contribution < 1.29 is 19.4 Å². The van der Waals surface area contributed by atoms with Gasteiger partial charge < -0.3 is 14.7 Å². The highest BCUT2D eigenvalue weighted by atomic mass is 16.5. The number of rotatable bonds is 3. The van der Waals surface area contributed by atoms with Crippen molar-refractivity contribution in [3.8, 4) is 11.3 Å². The van der Waals surface area contributed by atoms with Gasteiger partial charge in [-0.1, -0.05) is 48.5 Å². The van der Waals surface area contributed by atoms with Gasteiger partial charge in [0.2, 0.25) is 0 Å². The van der Waals surface area contributed by atoms with Crippen molar-refractivity contribution in [2.45, 2.75) is 6.10 Å². The Balaban J connectivity index is 1.78. The number of amides is 1. The molecule has 1 aliphatic rings. The number of aromatic nitrogens is 1. The van der Waals surface area contributed by atoms with Crippen molar-refractivity contribution in [1.82, 2.24) is 9.88 Å². The molecule has 3 aromatic rings. The fraction of sp³-hybridized carbons (Fsp3) is 0.190. The highest BCUT2D eigenvalue weighted by Crippen LogP contribution is 2.26. The van der Waals surface area contributed by atoms with Gasteiger partial charge in [0.25, 0.3) is 5.91 Å². The summed E-state index contributed by atoms with van der Waals surface area (Å²) in [6.07, 6.45) is -0.996.